The fraction of sp³-hybridized carbons (Fsp3) is 0.417. The highest BCUT2D eigenvalue weighted by Crippen LogP contribution is 2.15. The van der Waals surface area contributed by atoms with Gasteiger partial charge in [0, 0.05) is 25.7 Å². The van der Waals surface area contributed by atoms with Crippen LogP contribution in [0.2, 0.25) is 0 Å². The average Bonchev–Trinajstić information content (AvgIpc) is 2.32. The molecule has 1 heterocycles. The number of rotatable bonds is 2. The Morgan fingerprint density at radius 1 is 1.50 bits per heavy atom. The standard InChI is InChI=1S/C12H15F2N3O/c1-17-5-4-15-11(7-17)12(18)16-10-3-2-8(13)6-9(10)14/h2-3,6,11,15H,4-5,7H2,1H3,(H,16,18). The molecule has 1 saturated heterocycles. The molecule has 1 unspecified atom stereocenters. The fourth-order valence-electron chi connectivity index (χ4n) is 1.88. The van der Waals surface area contributed by atoms with Gasteiger partial charge < -0.3 is 15.5 Å². The first-order chi connectivity index (χ1) is 8.56. The van der Waals surface area contributed by atoms with Gasteiger partial charge in [0.2, 0.25) is 5.91 Å². The van der Waals surface area contributed by atoms with E-state index in [2.05, 4.69) is 10.6 Å². The van der Waals surface area contributed by atoms with Gasteiger partial charge in [-0.05, 0) is 19.2 Å². The molecule has 1 fully saturated rings. The molecule has 2 rings (SSSR count). The number of likely N-dealkylation sites (N-methyl/N-ethyl adjacent to an activating group) is 1. The lowest BCUT2D eigenvalue weighted by Gasteiger charge is -2.29. The van der Waals surface area contributed by atoms with E-state index in [0.717, 1.165) is 18.7 Å². The summed E-state index contributed by atoms with van der Waals surface area (Å²) in [6.45, 7) is 2.14. The summed E-state index contributed by atoms with van der Waals surface area (Å²) in [5.74, 6) is -1.75. The monoisotopic (exact) mass is 255 g/mol. The smallest absolute Gasteiger partial charge is 0.242 e. The Kier molecular flexibility index (Phi) is 3.88. The van der Waals surface area contributed by atoms with Crippen LogP contribution < -0.4 is 10.6 Å². The average molecular weight is 255 g/mol. The molecule has 1 aliphatic rings. The van der Waals surface area contributed by atoms with Crippen molar-refractivity contribution in [3.63, 3.8) is 0 Å². The Balaban J connectivity index is 2.02. The number of hydrogen-bond donors (Lipinski definition) is 2. The first-order valence-electron chi connectivity index (χ1n) is 5.74. The van der Waals surface area contributed by atoms with E-state index < -0.39 is 11.6 Å². The number of nitrogens with zero attached hydrogens (tertiary/aromatic N) is 1. The Labute approximate surface area is 104 Å². The van der Waals surface area contributed by atoms with E-state index in [9.17, 15) is 13.6 Å². The molecule has 1 amide bonds. The second-order valence-electron chi connectivity index (χ2n) is 4.38. The van der Waals surface area contributed by atoms with Crippen molar-refractivity contribution in [1.29, 1.82) is 0 Å². The molecule has 1 aromatic carbocycles. The minimum atomic E-state index is -0.771. The van der Waals surface area contributed by atoms with E-state index in [4.69, 9.17) is 0 Å². The zero-order valence-electron chi connectivity index (χ0n) is 10.0. The third-order valence-electron chi connectivity index (χ3n) is 2.88. The Hall–Kier alpha value is -1.53. The summed E-state index contributed by atoms with van der Waals surface area (Å²) in [6.07, 6.45) is 0. The molecule has 0 radical (unpaired) electrons. The van der Waals surface area contributed by atoms with Crippen LogP contribution in [0.15, 0.2) is 18.2 Å². The molecule has 98 valence electrons. The van der Waals surface area contributed by atoms with Gasteiger partial charge in [-0.2, -0.15) is 0 Å². The topological polar surface area (TPSA) is 44.4 Å². The SMILES string of the molecule is CN1CCNC(C(=O)Nc2ccc(F)cc2F)C1. The summed E-state index contributed by atoms with van der Waals surface area (Å²) in [5, 5.41) is 5.51. The van der Waals surface area contributed by atoms with Gasteiger partial charge in [0.05, 0.1) is 11.7 Å². The number of halogens is 2. The molecule has 1 aromatic rings. The minimum Gasteiger partial charge on any atom is -0.322 e. The molecule has 18 heavy (non-hydrogen) atoms. The molecule has 2 N–H and O–H groups in total. The van der Waals surface area contributed by atoms with Crippen LogP contribution in [0.25, 0.3) is 0 Å². The molecule has 4 nitrogen and oxygen atoms in total. The van der Waals surface area contributed by atoms with Gasteiger partial charge in [0.25, 0.3) is 0 Å². The number of benzene rings is 1. The Bertz CT molecular complexity index is 453. The van der Waals surface area contributed by atoms with Crippen molar-refractivity contribution in [2.24, 2.45) is 0 Å². The van der Waals surface area contributed by atoms with Crippen molar-refractivity contribution in [3.05, 3.63) is 29.8 Å². The minimum absolute atomic E-state index is 0.00331. The molecular formula is C12H15F2N3O. The molecule has 0 saturated carbocycles. The van der Waals surface area contributed by atoms with E-state index in [1.54, 1.807) is 0 Å². The summed E-state index contributed by atoms with van der Waals surface area (Å²) in [6, 6.07) is 2.69. The highest BCUT2D eigenvalue weighted by molar-refractivity contribution is 5.95. The van der Waals surface area contributed by atoms with Crippen LogP contribution >= 0.6 is 0 Å². The largest absolute Gasteiger partial charge is 0.322 e. The number of anilines is 1. The lowest BCUT2D eigenvalue weighted by atomic mass is 10.2. The zero-order chi connectivity index (χ0) is 13.1. The third-order valence-corrected chi connectivity index (χ3v) is 2.88. The van der Waals surface area contributed by atoms with Crippen molar-refractivity contribution in [3.8, 4) is 0 Å². The number of carbonyl (C=O) groups excluding carboxylic acids is 1. The number of hydrogen-bond acceptors (Lipinski definition) is 3. The van der Waals surface area contributed by atoms with E-state index >= 15 is 0 Å². The highest BCUT2D eigenvalue weighted by atomic mass is 19.1. The predicted molar refractivity (Wildman–Crippen MR) is 64.3 cm³/mol. The Morgan fingerprint density at radius 3 is 2.94 bits per heavy atom. The summed E-state index contributed by atoms with van der Waals surface area (Å²) < 4.78 is 26.1. The van der Waals surface area contributed by atoms with Gasteiger partial charge in [0.1, 0.15) is 11.6 Å². The molecule has 0 aromatic heterocycles. The van der Waals surface area contributed by atoms with Gasteiger partial charge in [0.15, 0.2) is 0 Å². The molecular weight excluding hydrogens is 240 g/mol. The van der Waals surface area contributed by atoms with Crippen molar-refractivity contribution < 1.29 is 13.6 Å². The zero-order valence-corrected chi connectivity index (χ0v) is 10.0. The van der Waals surface area contributed by atoms with Crippen LogP contribution in [0.4, 0.5) is 14.5 Å². The summed E-state index contributed by atoms with van der Waals surface area (Å²) >= 11 is 0. The van der Waals surface area contributed by atoms with Crippen molar-refractivity contribution in [1.82, 2.24) is 10.2 Å². The molecule has 1 aliphatic heterocycles. The van der Waals surface area contributed by atoms with E-state index in [0.29, 0.717) is 13.1 Å². The van der Waals surface area contributed by atoms with Gasteiger partial charge >= 0.3 is 0 Å². The van der Waals surface area contributed by atoms with Crippen LogP contribution in [0.3, 0.4) is 0 Å². The maximum Gasteiger partial charge on any atom is 0.242 e. The third kappa shape index (κ3) is 3.02. The van der Waals surface area contributed by atoms with E-state index in [1.165, 1.54) is 6.07 Å². The molecule has 0 spiro atoms. The van der Waals surface area contributed by atoms with Crippen LogP contribution in [0, 0.1) is 11.6 Å². The molecule has 0 bridgehead atoms. The normalized spacial score (nSPS) is 20.7. The summed E-state index contributed by atoms with van der Waals surface area (Å²) in [7, 11) is 1.92. The highest BCUT2D eigenvalue weighted by Gasteiger charge is 2.23. The van der Waals surface area contributed by atoms with Gasteiger partial charge in [-0.3, -0.25) is 4.79 Å². The number of piperazine rings is 1. The maximum absolute atomic E-state index is 13.4. The van der Waals surface area contributed by atoms with Crippen molar-refractivity contribution in [2.75, 3.05) is 32.0 Å². The first-order valence-corrected chi connectivity index (χ1v) is 5.74. The molecule has 0 aliphatic carbocycles. The van der Waals surface area contributed by atoms with Crippen LogP contribution in [0.1, 0.15) is 0 Å². The fourth-order valence-corrected chi connectivity index (χ4v) is 1.88. The van der Waals surface area contributed by atoms with E-state index in [1.807, 2.05) is 11.9 Å². The predicted octanol–water partition coefficient (Wildman–Crippen LogP) is 0.807. The number of amides is 1. The quantitative estimate of drug-likeness (QED) is 0.822. The van der Waals surface area contributed by atoms with Crippen LogP contribution in [-0.4, -0.2) is 43.5 Å². The Morgan fingerprint density at radius 2 is 2.28 bits per heavy atom. The summed E-state index contributed by atoms with van der Waals surface area (Å²) in [5.41, 5.74) is -0.00331. The number of carbonyl (C=O) groups is 1. The van der Waals surface area contributed by atoms with Crippen LogP contribution in [-0.2, 0) is 4.79 Å². The first kappa shape index (κ1) is 12.9. The van der Waals surface area contributed by atoms with Gasteiger partial charge in [-0.15, -0.1) is 0 Å². The molecule has 6 heteroatoms. The van der Waals surface area contributed by atoms with Crippen LogP contribution in [0.5, 0.6) is 0 Å². The summed E-state index contributed by atoms with van der Waals surface area (Å²) in [4.78, 5) is 13.9. The van der Waals surface area contributed by atoms with Crippen molar-refractivity contribution >= 4 is 11.6 Å². The second-order valence-corrected chi connectivity index (χ2v) is 4.38. The molecule has 1 atom stereocenters. The van der Waals surface area contributed by atoms with Crippen molar-refractivity contribution in [2.45, 2.75) is 6.04 Å². The maximum atomic E-state index is 13.4. The number of nitrogens with one attached hydrogen (secondary N) is 2. The van der Waals surface area contributed by atoms with Gasteiger partial charge in [-0.25, -0.2) is 8.78 Å². The second kappa shape index (κ2) is 5.41. The lowest BCUT2D eigenvalue weighted by Crippen LogP contribution is -2.54. The lowest BCUT2D eigenvalue weighted by molar-refractivity contribution is -0.119. The van der Waals surface area contributed by atoms with Gasteiger partial charge in [-0.1, -0.05) is 0 Å². The van der Waals surface area contributed by atoms with E-state index in [-0.39, 0.29) is 17.6 Å².